The van der Waals surface area contributed by atoms with Gasteiger partial charge in [0.05, 0.1) is 0 Å². The number of nitrogens with one attached hydrogen (secondary N) is 2. The van der Waals surface area contributed by atoms with Crippen molar-refractivity contribution in [1.29, 1.82) is 5.41 Å². The van der Waals surface area contributed by atoms with Crippen LogP contribution in [0.25, 0.3) is 0 Å². The molecule has 1 aliphatic rings. The Hall–Kier alpha value is -0.660. The number of rotatable bonds is 0. The summed E-state index contributed by atoms with van der Waals surface area (Å²) in [6, 6.07) is 0. The minimum absolute atomic E-state index is 0.750. The van der Waals surface area contributed by atoms with E-state index in [2.05, 4.69) is 5.32 Å². The number of carbonyl (C=O) groups excluding carboxylic acids is 1. The molecule has 3 nitrogen and oxygen atoms in total. The second-order valence-corrected chi connectivity index (χ2v) is 1.91. The van der Waals surface area contributed by atoms with Gasteiger partial charge in [-0.25, -0.2) is 10.2 Å². The summed E-state index contributed by atoms with van der Waals surface area (Å²) >= 11 is 0. The van der Waals surface area contributed by atoms with Gasteiger partial charge in [-0.15, -0.1) is 0 Å². The van der Waals surface area contributed by atoms with Crippen molar-refractivity contribution in [2.75, 3.05) is 13.1 Å². The van der Waals surface area contributed by atoms with Crippen LogP contribution in [0.15, 0.2) is 0 Å². The lowest BCUT2D eigenvalue weighted by Crippen LogP contribution is -2.21. The summed E-state index contributed by atoms with van der Waals surface area (Å²) in [5, 5.41) is 8.69. The number of hydrogen-bond acceptors (Lipinski definition) is 3. The molecule has 9 heavy (non-hydrogen) atoms. The zero-order chi connectivity index (χ0) is 6.95. The molecule has 0 aromatic carbocycles. The van der Waals surface area contributed by atoms with E-state index in [4.69, 9.17) is 10.2 Å². The molecule has 0 aromatic heterocycles. The molecule has 0 unspecified atom stereocenters. The first-order valence-electron chi connectivity index (χ1n) is 3.16. The predicted octanol–water partition coefficient (Wildman–Crippen LogP) is 0.661. The second-order valence-electron chi connectivity index (χ2n) is 1.91. The predicted molar refractivity (Wildman–Crippen MR) is 35.1 cm³/mol. The van der Waals surface area contributed by atoms with Crippen molar-refractivity contribution in [3.63, 3.8) is 0 Å². The quantitative estimate of drug-likeness (QED) is 0.372. The Morgan fingerprint density at radius 1 is 1.22 bits per heavy atom. The van der Waals surface area contributed by atoms with Crippen LogP contribution in [0, 0.1) is 5.41 Å². The Morgan fingerprint density at radius 3 is 1.78 bits per heavy atom. The first-order valence-corrected chi connectivity index (χ1v) is 3.16. The molecule has 1 saturated heterocycles. The molecule has 1 aliphatic heterocycles. The zero-order valence-electron chi connectivity index (χ0n) is 5.44. The summed E-state index contributed by atoms with van der Waals surface area (Å²) in [5.41, 5.74) is 0. The van der Waals surface area contributed by atoms with E-state index < -0.39 is 0 Å². The van der Waals surface area contributed by atoms with Gasteiger partial charge in [0, 0.05) is 0 Å². The fourth-order valence-electron chi connectivity index (χ4n) is 0.802. The number of piperidine rings is 1. The van der Waals surface area contributed by atoms with Crippen LogP contribution >= 0.6 is 0 Å². The first-order chi connectivity index (χ1) is 4.41. The zero-order valence-corrected chi connectivity index (χ0v) is 5.44. The van der Waals surface area contributed by atoms with E-state index >= 15 is 0 Å². The van der Waals surface area contributed by atoms with Crippen molar-refractivity contribution in [1.82, 2.24) is 5.32 Å². The molecule has 1 heterocycles. The molecule has 0 aromatic rings. The third-order valence-electron chi connectivity index (χ3n) is 1.21. The summed E-state index contributed by atoms with van der Waals surface area (Å²) in [5.74, 6) is 0. The molecule has 0 amide bonds. The summed E-state index contributed by atoms with van der Waals surface area (Å²) in [4.78, 5) is 8.35. The van der Waals surface area contributed by atoms with Crippen LogP contribution in [0.3, 0.4) is 0 Å². The Labute approximate surface area is 55.0 Å². The van der Waals surface area contributed by atoms with Crippen molar-refractivity contribution in [2.45, 2.75) is 19.3 Å². The van der Waals surface area contributed by atoms with Gasteiger partial charge in [0.1, 0.15) is 0 Å². The molecule has 2 N–H and O–H groups in total. The monoisotopic (exact) mass is 128 g/mol. The van der Waals surface area contributed by atoms with Crippen LogP contribution in [0.2, 0.25) is 0 Å². The summed E-state index contributed by atoms with van der Waals surface area (Å²) in [6.45, 7) is 2.50. The van der Waals surface area contributed by atoms with E-state index in [1.807, 2.05) is 0 Å². The lowest BCUT2D eigenvalue weighted by Gasteiger charge is -2.08. The third kappa shape index (κ3) is 7.34. The van der Waals surface area contributed by atoms with Gasteiger partial charge in [-0.2, -0.15) is 0 Å². The smallest absolute Gasteiger partial charge is 0.231 e. The number of hydrogen-bond donors (Lipinski definition) is 2. The molecule has 0 saturated carbocycles. The minimum Gasteiger partial charge on any atom is -0.317 e. The van der Waals surface area contributed by atoms with Crippen molar-refractivity contribution >= 4 is 6.08 Å². The van der Waals surface area contributed by atoms with Gasteiger partial charge in [0.25, 0.3) is 0 Å². The van der Waals surface area contributed by atoms with Crippen molar-refractivity contribution in [3.8, 4) is 0 Å². The normalized spacial score (nSPS) is 16.9. The largest absolute Gasteiger partial charge is 0.317 e. The first kappa shape index (κ1) is 8.34. The fraction of sp³-hybridized carbons (Fsp3) is 0.833. The Morgan fingerprint density at radius 2 is 1.67 bits per heavy atom. The summed E-state index contributed by atoms with van der Waals surface area (Å²) in [6.07, 6.45) is 4.97. The summed E-state index contributed by atoms with van der Waals surface area (Å²) in [7, 11) is 0. The van der Waals surface area contributed by atoms with Gasteiger partial charge in [0.15, 0.2) is 0 Å². The molecule has 0 bridgehead atoms. The van der Waals surface area contributed by atoms with Crippen LogP contribution in [0.4, 0.5) is 0 Å². The molecule has 0 aliphatic carbocycles. The second kappa shape index (κ2) is 7.34. The van der Waals surface area contributed by atoms with Crippen molar-refractivity contribution < 1.29 is 4.79 Å². The van der Waals surface area contributed by atoms with Crippen molar-refractivity contribution in [2.24, 2.45) is 0 Å². The fourth-order valence-corrected chi connectivity index (χ4v) is 0.802. The van der Waals surface area contributed by atoms with E-state index in [1.165, 1.54) is 32.4 Å². The molecule has 1 rings (SSSR count). The van der Waals surface area contributed by atoms with E-state index in [0.717, 1.165) is 6.08 Å². The van der Waals surface area contributed by atoms with Crippen LogP contribution in [-0.4, -0.2) is 19.2 Å². The van der Waals surface area contributed by atoms with E-state index in [1.54, 1.807) is 0 Å². The SMILES string of the molecule is C1CCNCC1.N=C=O. The molecule has 3 heteroatoms. The minimum atomic E-state index is 0.750. The van der Waals surface area contributed by atoms with Crippen LogP contribution in [0.5, 0.6) is 0 Å². The highest BCUT2D eigenvalue weighted by Gasteiger charge is 1.93. The molecule has 0 atom stereocenters. The van der Waals surface area contributed by atoms with Gasteiger partial charge >= 0.3 is 0 Å². The van der Waals surface area contributed by atoms with Crippen LogP contribution < -0.4 is 5.32 Å². The molecule has 52 valence electrons. The molecule has 0 radical (unpaired) electrons. The average molecular weight is 128 g/mol. The molecular formula is C6H12N2O. The van der Waals surface area contributed by atoms with E-state index in [0.29, 0.717) is 0 Å². The maximum Gasteiger partial charge on any atom is 0.231 e. The van der Waals surface area contributed by atoms with Crippen LogP contribution in [0.1, 0.15) is 19.3 Å². The average Bonchev–Trinajstić information content (AvgIpc) is 1.93. The maximum absolute atomic E-state index is 8.35. The highest BCUT2D eigenvalue weighted by Crippen LogP contribution is 1.96. The molecular weight excluding hydrogens is 116 g/mol. The van der Waals surface area contributed by atoms with Gasteiger partial charge < -0.3 is 5.32 Å². The lowest BCUT2D eigenvalue weighted by atomic mass is 10.2. The van der Waals surface area contributed by atoms with Gasteiger partial charge in [-0.3, -0.25) is 0 Å². The van der Waals surface area contributed by atoms with E-state index in [9.17, 15) is 0 Å². The van der Waals surface area contributed by atoms with Crippen molar-refractivity contribution in [3.05, 3.63) is 0 Å². The Bertz CT molecular complexity index is 71.5. The summed E-state index contributed by atoms with van der Waals surface area (Å²) < 4.78 is 0. The molecule has 0 spiro atoms. The lowest BCUT2D eigenvalue weighted by molar-refractivity contribution is 0.520. The Kier molecular flexibility index (Phi) is 6.80. The topological polar surface area (TPSA) is 53.0 Å². The molecule has 1 fully saturated rings. The highest BCUT2D eigenvalue weighted by molar-refractivity contribution is 5.26. The highest BCUT2D eigenvalue weighted by atomic mass is 16.1. The van der Waals surface area contributed by atoms with Gasteiger partial charge in [-0.1, -0.05) is 6.42 Å². The third-order valence-corrected chi connectivity index (χ3v) is 1.21. The van der Waals surface area contributed by atoms with Crippen LogP contribution in [-0.2, 0) is 4.79 Å². The Balaban J connectivity index is 0.000000187. The van der Waals surface area contributed by atoms with Gasteiger partial charge in [-0.05, 0) is 25.9 Å². The standard InChI is InChI=1S/C5H11N.CHNO/c1-2-4-6-5-3-1;2-1-3/h6H,1-5H2;2H. The number of isocyanates is 1. The maximum atomic E-state index is 8.35. The van der Waals surface area contributed by atoms with E-state index in [-0.39, 0.29) is 0 Å². The van der Waals surface area contributed by atoms with Gasteiger partial charge in [0.2, 0.25) is 6.08 Å².